The predicted octanol–water partition coefficient (Wildman–Crippen LogP) is 4.63. The van der Waals surface area contributed by atoms with E-state index in [0.29, 0.717) is 6.04 Å². The highest BCUT2D eigenvalue weighted by atomic mass is 16.5. The summed E-state index contributed by atoms with van der Waals surface area (Å²) in [6.45, 7) is 3.90. The maximum atomic E-state index is 5.19. The zero-order valence-corrected chi connectivity index (χ0v) is 11.9. The van der Waals surface area contributed by atoms with E-state index in [2.05, 4.69) is 24.0 Å². The van der Waals surface area contributed by atoms with Gasteiger partial charge >= 0.3 is 0 Å². The molecule has 0 heterocycles. The second-order valence-corrected chi connectivity index (χ2v) is 5.40. The van der Waals surface area contributed by atoms with Crippen LogP contribution in [0, 0.1) is 5.92 Å². The molecule has 0 amide bonds. The monoisotopic (exact) mass is 259 g/mol. The van der Waals surface area contributed by atoms with Gasteiger partial charge in [-0.25, -0.2) is 0 Å². The lowest BCUT2D eigenvalue weighted by Gasteiger charge is -2.31. The van der Waals surface area contributed by atoms with Crippen LogP contribution in [0.1, 0.15) is 38.5 Å². The molecule has 1 aliphatic rings. The van der Waals surface area contributed by atoms with E-state index in [4.69, 9.17) is 4.74 Å². The fourth-order valence-electron chi connectivity index (χ4n) is 2.99. The number of anilines is 1. The van der Waals surface area contributed by atoms with Crippen molar-refractivity contribution in [3.8, 4) is 5.75 Å². The molecular formula is C17H25NO. The second kappa shape index (κ2) is 7.22. The molecule has 0 bridgehead atoms. The van der Waals surface area contributed by atoms with Gasteiger partial charge in [0, 0.05) is 11.7 Å². The van der Waals surface area contributed by atoms with Crippen LogP contribution in [0.25, 0.3) is 0 Å². The van der Waals surface area contributed by atoms with Crippen molar-refractivity contribution in [2.45, 2.75) is 44.6 Å². The molecule has 2 heteroatoms. The largest absolute Gasteiger partial charge is 0.497 e. The van der Waals surface area contributed by atoms with Crippen molar-refractivity contribution in [3.05, 3.63) is 36.9 Å². The Labute approximate surface area is 116 Å². The highest BCUT2D eigenvalue weighted by molar-refractivity contribution is 5.47. The Kier molecular flexibility index (Phi) is 5.31. The predicted molar refractivity (Wildman–Crippen MR) is 81.8 cm³/mol. The summed E-state index contributed by atoms with van der Waals surface area (Å²) >= 11 is 0. The van der Waals surface area contributed by atoms with Crippen LogP contribution < -0.4 is 10.1 Å². The van der Waals surface area contributed by atoms with E-state index in [1.54, 1.807) is 7.11 Å². The highest BCUT2D eigenvalue weighted by Crippen LogP contribution is 2.30. The number of nitrogens with one attached hydrogen (secondary N) is 1. The SMILES string of the molecule is C=CCC(Nc1ccc(OC)cc1)C1CCCCC1. The van der Waals surface area contributed by atoms with Gasteiger partial charge in [-0.3, -0.25) is 0 Å². The molecule has 1 N–H and O–H groups in total. The maximum Gasteiger partial charge on any atom is 0.119 e. The molecule has 19 heavy (non-hydrogen) atoms. The van der Waals surface area contributed by atoms with E-state index in [1.807, 2.05) is 18.2 Å². The van der Waals surface area contributed by atoms with Crippen molar-refractivity contribution in [1.82, 2.24) is 0 Å². The molecule has 0 radical (unpaired) electrons. The van der Waals surface area contributed by atoms with Gasteiger partial charge in [-0.05, 0) is 49.4 Å². The fourth-order valence-corrected chi connectivity index (χ4v) is 2.99. The lowest BCUT2D eigenvalue weighted by atomic mass is 9.82. The first-order chi connectivity index (χ1) is 9.33. The Morgan fingerprint density at radius 3 is 2.53 bits per heavy atom. The summed E-state index contributed by atoms with van der Waals surface area (Å²) in [4.78, 5) is 0. The van der Waals surface area contributed by atoms with Gasteiger partial charge in [0.2, 0.25) is 0 Å². The molecule has 1 aromatic rings. The molecule has 1 fully saturated rings. The fraction of sp³-hybridized carbons (Fsp3) is 0.529. The Morgan fingerprint density at radius 2 is 1.95 bits per heavy atom. The van der Waals surface area contributed by atoms with Crippen LogP contribution in [0.3, 0.4) is 0 Å². The number of methoxy groups -OCH3 is 1. The summed E-state index contributed by atoms with van der Waals surface area (Å²) in [5, 5.41) is 3.67. The third kappa shape index (κ3) is 4.02. The van der Waals surface area contributed by atoms with E-state index in [0.717, 1.165) is 18.1 Å². The van der Waals surface area contributed by atoms with Gasteiger partial charge in [-0.15, -0.1) is 6.58 Å². The van der Waals surface area contributed by atoms with Crippen molar-refractivity contribution in [2.75, 3.05) is 12.4 Å². The normalized spacial score (nSPS) is 17.7. The third-order valence-electron chi connectivity index (χ3n) is 4.08. The number of ether oxygens (including phenoxy) is 1. The molecule has 1 aromatic carbocycles. The molecule has 2 nitrogen and oxygen atoms in total. The molecule has 1 saturated carbocycles. The highest BCUT2D eigenvalue weighted by Gasteiger charge is 2.22. The molecule has 0 aliphatic heterocycles. The van der Waals surface area contributed by atoms with Crippen LogP contribution >= 0.6 is 0 Å². The second-order valence-electron chi connectivity index (χ2n) is 5.40. The summed E-state index contributed by atoms with van der Waals surface area (Å²) in [6, 6.07) is 8.73. The lowest BCUT2D eigenvalue weighted by Crippen LogP contribution is -2.30. The molecule has 1 atom stereocenters. The van der Waals surface area contributed by atoms with Crippen LogP contribution in [0.2, 0.25) is 0 Å². The van der Waals surface area contributed by atoms with Gasteiger partial charge in [0.25, 0.3) is 0 Å². The minimum atomic E-state index is 0.520. The van der Waals surface area contributed by atoms with Crippen molar-refractivity contribution in [3.63, 3.8) is 0 Å². The third-order valence-corrected chi connectivity index (χ3v) is 4.08. The van der Waals surface area contributed by atoms with Crippen LogP contribution in [0.4, 0.5) is 5.69 Å². The van der Waals surface area contributed by atoms with Gasteiger partial charge in [0.15, 0.2) is 0 Å². The molecular weight excluding hydrogens is 234 g/mol. The standard InChI is InChI=1S/C17H25NO/c1-3-7-17(14-8-5-4-6-9-14)18-15-10-12-16(19-2)13-11-15/h3,10-14,17-18H,1,4-9H2,2H3. The van der Waals surface area contributed by atoms with Crippen molar-refractivity contribution in [1.29, 1.82) is 0 Å². The molecule has 0 spiro atoms. The summed E-state index contributed by atoms with van der Waals surface area (Å²) in [6.07, 6.45) is 9.93. The molecule has 2 rings (SSSR count). The zero-order chi connectivity index (χ0) is 13.5. The first kappa shape index (κ1) is 14.0. The van der Waals surface area contributed by atoms with E-state index >= 15 is 0 Å². The van der Waals surface area contributed by atoms with Gasteiger partial charge in [-0.2, -0.15) is 0 Å². The topological polar surface area (TPSA) is 21.3 Å². The van der Waals surface area contributed by atoms with Crippen LogP contribution in [-0.4, -0.2) is 13.2 Å². The molecule has 1 aliphatic carbocycles. The smallest absolute Gasteiger partial charge is 0.119 e. The van der Waals surface area contributed by atoms with Crippen LogP contribution in [0.5, 0.6) is 5.75 Å². The van der Waals surface area contributed by atoms with E-state index < -0.39 is 0 Å². The Morgan fingerprint density at radius 1 is 1.26 bits per heavy atom. The molecule has 0 aromatic heterocycles. The van der Waals surface area contributed by atoms with Crippen molar-refractivity contribution in [2.24, 2.45) is 5.92 Å². The average molecular weight is 259 g/mol. The Balaban J connectivity index is 1.99. The minimum Gasteiger partial charge on any atom is -0.497 e. The van der Waals surface area contributed by atoms with E-state index in [1.165, 1.54) is 37.8 Å². The summed E-state index contributed by atoms with van der Waals surface area (Å²) in [5.74, 6) is 1.69. The Hall–Kier alpha value is -1.44. The molecule has 1 unspecified atom stereocenters. The number of rotatable bonds is 6. The van der Waals surface area contributed by atoms with Gasteiger partial charge in [0.05, 0.1) is 7.11 Å². The van der Waals surface area contributed by atoms with Crippen molar-refractivity contribution >= 4 is 5.69 Å². The van der Waals surface area contributed by atoms with E-state index in [9.17, 15) is 0 Å². The maximum absolute atomic E-state index is 5.19. The molecule has 104 valence electrons. The van der Waals surface area contributed by atoms with Gasteiger partial charge in [-0.1, -0.05) is 25.3 Å². The first-order valence-corrected chi connectivity index (χ1v) is 7.35. The van der Waals surface area contributed by atoms with Gasteiger partial charge < -0.3 is 10.1 Å². The number of benzene rings is 1. The van der Waals surface area contributed by atoms with Gasteiger partial charge in [0.1, 0.15) is 5.75 Å². The van der Waals surface area contributed by atoms with Crippen LogP contribution in [-0.2, 0) is 0 Å². The summed E-state index contributed by atoms with van der Waals surface area (Å²) in [5.41, 5.74) is 1.18. The molecule has 0 saturated heterocycles. The lowest BCUT2D eigenvalue weighted by molar-refractivity contribution is 0.318. The van der Waals surface area contributed by atoms with Crippen LogP contribution in [0.15, 0.2) is 36.9 Å². The zero-order valence-electron chi connectivity index (χ0n) is 11.9. The Bertz CT molecular complexity index is 379. The number of hydrogen-bond donors (Lipinski definition) is 1. The number of hydrogen-bond acceptors (Lipinski definition) is 2. The minimum absolute atomic E-state index is 0.520. The summed E-state index contributed by atoms with van der Waals surface area (Å²) < 4.78 is 5.19. The quantitative estimate of drug-likeness (QED) is 0.752. The summed E-state index contributed by atoms with van der Waals surface area (Å²) in [7, 11) is 1.70. The van der Waals surface area contributed by atoms with Crippen molar-refractivity contribution < 1.29 is 4.74 Å². The van der Waals surface area contributed by atoms with E-state index in [-0.39, 0.29) is 0 Å². The average Bonchev–Trinajstić information content (AvgIpc) is 2.48. The first-order valence-electron chi connectivity index (χ1n) is 7.35.